The van der Waals surface area contributed by atoms with Crippen LogP contribution in [0, 0.1) is 11.3 Å². The Labute approximate surface area is 137 Å². The molecule has 1 aliphatic rings. The summed E-state index contributed by atoms with van der Waals surface area (Å²) in [5.41, 5.74) is 0.149. The summed E-state index contributed by atoms with van der Waals surface area (Å²) in [6, 6.07) is 7.54. The van der Waals surface area contributed by atoms with Crippen molar-refractivity contribution in [2.24, 2.45) is 11.3 Å². The van der Waals surface area contributed by atoms with Gasteiger partial charge >= 0.3 is 5.97 Å². The molecule has 1 fully saturated rings. The molecule has 0 spiro atoms. The predicted molar refractivity (Wildman–Crippen MR) is 87.4 cm³/mol. The molecule has 1 saturated heterocycles. The summed E-state index contributed by atoms with van der Waals surface area (Å²) >= 11 is 0. The number of rotatable bonds is 5. The predicted octanol–water partition coefficient (Wildman–Crippen LogP) is 2.59. The van der Waals surface area contributed by atoms with Gasteiger partial charge in [-0.25, -0.2) is 0 Å². The number of carboxylic acids is 1. The lowest BCUT2D eigenvalue weighted by molar-refractivity contribution is -0.154. The zero-order valence-electron chi connectivity index (χ0n) is 14.0. The number of carboxylic acid groups (broad SMARTS) is 1. The van der Waals surface area contributed by atoms with Crippen molar-refractivity contribution in [2.75, 3.05) is 20.2 Å². The minimum atomic E-state index is -0.805. The number of aliphatic carboxylic acids is 1. The Kier molecular flexibility index (Phi) is 5.29. The van der Waals surface area contributed by atoms with Crippen LogP contribution in [-0.4, -0.2) is 42.1 Å². The molecular weight excluding hydrogens is 294 g/mol. The van der Waals surface area contributed by atoms with Gasteiger partial charge < -0.3 is 14.7 Å². The molecule has 0 unspecified atom stereocenters. The topological polar surface area (TPSA) is 66.8 Å². The van der Waals surface area contributed by atoms with E-state index in [1.165, 1.54) is 0 Å². The van der Waals surface area contributed by atoms with Crippen molar-refractivity contribution < 1.29 is 19.4 Å². The first kappa shape index (κ1) is 17.3. The number of amides is 1. The summed E-state index contributed by atoms with van der Waals surface area (Å²) in [5.74, 6) is 0.00325. The number of nitrogens with zero attached hydrogens (tertiary/aromatic N) is 1. The summed E-state index contributed by atoms with van der Waals surface area (Å²) in [6.07, 6.45) is 1.43. The van der Waals surface area contributed by atoms with Gasteiger partial charge in [0.05, 0.1) is 12.5 Å². The van der Waals surface area contributed by atoms with Crippen molar-refractivity contribution in [2.45, 2.75) is 33.1 Å². The number of carbonyl (C=O) groups is 2. The lowest BCUT2D eigenvalue weighted by atomic mass is 9.73. The van der Waals surface area contributed by atoms with Crippen LogP contribution in [0.4, 0.5) is 0 Å². The number of benzene rings is 1. The van der Waals surface area contributed by atoms with Crippen molar-refractivity contribution in [3.8, 4) is 5.75 Å². The number of hydrogen-bond donors (Lipinski definition) is 1. The van der Waals surface area contributed by atoms with E-state index < -0.39 is 11.4 Å². The van der Waals surface area contributed by atoms with Crippen LogP contribution in [0.15, 0.2) is 24.3 Å². The minimum absolute atomic E-state index is 0.0503. The number of methoxy groups -OCH3 is 1. The summed E-state index contributed by atoms with van der Waals surface area (Å²) in [6.45, 7) is 4.76. The van der Waals surface area contributed by atoms with Gasteiger partial charge in [-0.15, -0.1) is 0 Å². The molecule has 0 saturated carbocycles. The molecular formula is C18H25NO4. The molecule has 1 N–H and O–H groups in total. The third-order valence-electron chi connectivity index (χ3n) is 4.66. The smallest absolute Gasteiger partial charge is 0.310 e. The maximum absolute atomic E-state index is 12.1. The molecule has 0 aromatic heterocycles. The number of piperidine rings is 1. The van der Waals surface area contributed by atoms with E-state index in [-0.39, 0.29) is 11.8 Å². The van der Waals surface area contributed by atoms with Crippen LogP contribution >= 0.6 is 0 Å². The zero-order chi connectivity index (χ0) is 17.0. The summed E-state index contributed by atoms with van der Waals surface area (Å²) in [4.78, 5) is 25.8. The van der Waals surface area contributed by atoms with E-state index in [1.54, 1.807) is 12.0 Å². The first-order chi connectivity index (χ1) is 10.9. The molecule has 0 aliphatic carbocycles. The van der Waals surface area contributed by atoms with Crippen molar-refractivity contribution in [1.82, 2.24) is 4.90 Å². The zero-order valence-corrected chi connectivity index (χ0v) is 14.0. The van der Waals surface area contributed by atoms with Crippen LogP contribution in [0.5, 0.6) is 5.75 Å². The van der Waals surface area contributed by atoms with Crippen molar-refractivity contribution in [3.63, 3.8) is 0 Å². The highest BCUT2D eigenvalue weighted by molar-refractivity contribution is 5.79. The third kappa shape index (κ3) is 3.84. The second-order valence-electron chi connectivity index (χ2n) is 6.59. The molecule has 1 aliphatic heterocycles. The molecule has 0 atom stereocenters. The van der Waals surface area contributed by atoms with Crippen LogP contribution in [0.25, 0.3) is 0 Å². The average Bonchev–Trinajstić information content (AvgIpc) is 2.54. The van der Waals surface area contributed by atoms with E-state index in [2.05, 4.69) is 0 Å². The molecule has 5 heteroatoms. The van der Waals surface area contributed by atoms with Gasteiger partial charge in [-0.2, -0.15) is 0 Å². The van der Waals surface area contributed by atoms with Gasteiger partial charge in [-0.05, 0) is 37.0 Å². The van der Waals surface area contributed by atoms with Gasteiger partial charge in [0.25, 0.3) is 0 Å². The van der Waals surface area contributed by atoms with Crippen molar-refractivity contribution in [1.29, 1.82) is 0 Å². The standard InChI is InChI=1S/C18H25NO4/c1-13(2)16(20)19-9-7-18(8-10-19,17(21)22)12-14-5-4-6-15(11-14)23-3/h4-6,11,13H,7-10,12H2,1-3H3,(H,21,22). The highest BCUT2D eigenvalue weighted by Gasteiger charge is 2.42. The van der Waals surface area contributed by atoms with Crippen molar-refractivity contribution >= 4 is 11.9 Å². The molecule has 0 bridgehead atoms. The van der Waals surface area contributed by atoms with Gasteiger partial charge in [-0.1, -0.05) is 26.0 Å². The molecule has 126 valence electrons. The molecule has 1 aromatic carbocycles. The minimum Gasteiger partial charge on any atom is -0.497 e. The van der Waals surface area contributed by atoms with E-state index in [0.29, 0.717) is 32.4 Å². The Morgan fingerprint density at radius 3 is 2.48 bits per heavy atom. The first-order valence-electron chi connectivity index (χ1n) is 8.03. The van der Waals surface area contributed by atoms with Gasteiger partial charge in [0, 0.05) is 19.0 Å². The van der Waals surface area contributed by atoms with E-state index in [9.17, 15) is 14.7 Å². The number of carbonyl (C=O) groups excluding carboxylic acids is 1. The molecule has 5 nitrogen and oxygen atoms in total. The van der Waals surface area contributed by atoms with Crippen LogP contribution in [0.2, 0.25) is 0 Å². The van der Waals surface area contributed by atoms with E-state index >= 15 is 0 Å². The molecule has 0 radical (unpaired) electrons. The number of ether oxygens (including phenoxy) is 1. The fourth-order valence-electron chi connectivity index (χ4n) is 3.16. The Hall–Kier alpha value is -2.04. The quantitative estimate of drug-likeness (QED) is 0.906. The maximum atomic E-state index is 12.1. The summed E-state index contributed by atoms with van der Waals surface area (Å²) in [7, 11) is 1.60. The highest BCUT2D eigenvalue weighted by Crippen LogP contribution is 2.36. The van der Waals surface area contributed by atoms with E-state index in [0.717, 1.165) is 11.3 Å². The first-order valence-corrected chi connectivity index (χ1v) is 8.03. The van der Waals surface area contributed by atoms with Crippen LogP contribution < -0.4 is 4.74 Å². The molecule has 1 aromatic rings. The second kappa shape index (κ2) is 7.02. The lowest BCUT2D eigenvalue weighted by Gasteiger charge is -2.39. The summed E-state index contributed by atoms with van der Waals surface area (Å²) in [5, 5.41) is 9.78. The third-order valence-corrected chi connectivity index (χ3v) is 4.66. The van der Waals surface area contributed by atoms with E-state index in [1.807, 2.05) is 38.1 Å². The Morgan fingerprint density at radius 1 is 1.30 bits per heavy atom. The van der Waals surface area contributed by atoms with Gasteiger partial charge in [0.2, 0.25) is 5.91 Å². The number of hydrogen-bond acceptors (Lipinski definition) is 3. The molecule has 1 amide bonds. The highest BCUT2D eigenvalue weighted by atomic mass is 16.5. The maximum Gasteiger partial charge on any atom is 0.310 e. The second-order valence-corrected chi connectivity index (χ2v) is 6.59. The van der Waals surface area contributed by atoms with Crippen LogP contribution in [0.3, 0.4) is 0 Å². The fraction of sp³-hybridized carbons (Fsp3) is 0.556. The Balaban J connectivity index is 2.13. The number of likely N-dealkylation sites (tertiary alicyclic amines) is 1. The monoisotopic (exact) mass is 319 g/mol. The summed E-state index contributed by atoms with van der Waals surface area (Å²) < 4.78 is 5.21. The van der Waals surface area contributed by atoms with Crippen LogP contribution in [-0.2, 0) is 16.0 Å². The van der Waals surface area contributed by atoms with Crippen molar-refractivity contribution in [3.05, 3.63) is 29.8 Å². The largest absolute Gasteiger partial charge is 0.497 e. The van der Waals surface area contributed by atoms with Crippen LogP contribution in [0.1, 0.15) is 32.3 Å². The van der Waals surface area contributed by atoms with Gasteiger partial charge in [0.1, 0.15) is 5.75 Å². The van der Waals surface area contributed by atoms with E-state index in [4.69, 9.17) is 4.74 Å². The Bertz CT molecular complexity index is 574. The fourth-order valence-corrected chi connectivity index (χ4v) is 3.16. The average molecular weight is 319 g/mol. The van der Waals surface area contributed by atoms with Gasteiger partial charge in [0.15, 0.2) is 0 Å². The van der Waals surface area contributed by atoms with Gasteiger partial charge in [-0.3, -0.25) is 9.59 Å². The molecule has 23 heavy (non-hydrogen) atoms. The molecule has 1 heterocycles. The SMILES string of the molecule is COc1cccc(CC2(C(=O)O)CCN(C(=O)C(C)C)CC2)c1. The Morgan fingerprint density at radius 2 is 1.96 bits per heavy atom. The molecule has 2 rings (SSSR count). The lowest BCUT2D eigenvalue weighted by Crippen LogP contribution is -2.48. The normalized spacial score (nSPS) is 17.1.